The number of esters is 1. The zero-order chi connectivity index (χ0) is 20.0. The molecule has 1 amide bonds. The first-order valence-corrected chi connectivity index (χ1v) is 7.79. The zero-order valence-electron chi connectivity index (χ0n) is 13.8. The molecular formula is C18H13ClF3NO4. The van der Waals surface area contributed by atoms with E-state index >= 15 is 0 Å². The van der Waals surface area contributed by atoms with Crippen molar-refractivity contribution in [1.29, 1.82) is 0 Å². The summed E-state index contributed by atoms with van der Waals surface area (Å²) in [5.74, 6) is -2.32. The highest BCUT2D eigenvalue weighted by molar-refractivity contribution is 6.32. The summed E-state index contributed by atoms with van der Waals surface area (Å²) in [4.78, 5) is 24.2. The van der Waals surface area contributed by atoms with Crippen molar-refractivity contribution in [3.05, 3.63) is 70.1 Å². The largest absolute Gasteiger partial charge is 0.464 e. The van der Waals surface area contributed by atoms with Crippen LogP contribution in [0, 0.1) is 5.82 Å². The molecule has 0 atom stereocenters. The molecule has 0 saturated heterocycles. The Labute approximate surface area is 157 Å². The maximum Gasteiger partial charge on any atom is 0.387 e. The predicted molar refractivity (Wildman–Crippen MR) is 91.9 cm³/mol. The molecule has 0 bridgehead atoms. The summed E-state index contributed by atoms with van der Waals surface area (Å²) in [5.41, 5.74) is -0.0790. The number of methoxy groups -OCH3 is 1. The smallest absolute Gasteiger partial charge is 0.387 e. The monoisotopic (exact) mass is 399 g/mol. The van der Waals surface area contributed by atoms with E-state index in [1.165, 1.54) is 30.3 Å². The molecular weight excluding hydrogens is 387 g/mol. The fraction of sp³-hybridized carbons (Fsp3) is 0.111. The third-order valence-electron chi connectivity index (χ3n) is 3.25. The van der Waals surface area contributed by atoms with Crippen LogP contribution in [0.3, 0.4) is 0 Å². The first-order chi connectivity index (χ1) is 12.8. The molecule has 0 aromatic heterocycles. The van der Waals surface area contributed by atoms with Gasteiger partial charge in [0, 0.05) is 10.6 Å². The van der Waals surface area contributed by atoms with Crippen molar-refractivity contribution in [1.82, 2.24) is 5.32 Å². The molecule has 0 heterocycles. The second-order valence-corrected chi connectivity index (χ2v) is 5.48. The van der Waals surface area contributed by atoms with Crippen LogP contribution >= 0.6 is 11.6 Å². The van der Waals surface area contributed by atoms with Gasteiger partial charge < -0.3 is 14.8 Å². The Hall–Kier alpha value is -3.00. The molecule has 0 radical (unpaired) electrons. The molecule has 0 saturated carbocycles. The number of ether oxygens (including phenoxy) is 2. The standard InChI is InChI=1S/C18H13ClF3NO4/c1-26-17(25)15(23-16(24)10-2-4-12(20)5-3-10)9-11-8-13(27-18(21)22)6-7-14(11)19/h2-9,18H,1H3,(H,23,24)/b15-9-. The van der Waals surface area contributed by atoms with Gasteiger partial charge in [-0.3, -0.25) is 4.79 Å². The summed E-state index contributed by atoms with van der Waals surface area (Å²) in [6, 6.07) is 8.30. The quantitative estimate of drug-likeness (QED) is 0.588. The predicted octanol–water partition coefficient (Wildman–Crippen LogP) is 4.02. The van der Waals surface area contributed by atoms with E-state index in [1.54, 1.807) is 0 Å². The molecule has 0 aliphatic rings. The Kier molecular flexibility index (Phi) is 6.84. The topological polar surface area (TPSA) is 64.6 Å². The van der Waals surface area contributed by atoms with Gasteiger partial charge in [-0.25, -0.2) is 9.18 Å². The molecule has 1 N–H and O–H groups in total. The Morgan fingerprint density at radius 1 is 1.15 bits per heavy atom. The lowest BCUT2D eigenvalue weighted by Gasteiger charge is -2.10. The van der Waals surface area contributed by atoms with Crippen molar-refractivity contribution in [2.24, 2.45) is 0 Å². The molecule has 5 nitrogen and oxygen atoms in total. The van der Waals surface area contributed by atoms with Crippen molar-refractivity contribution in [2.75, 3.05) is 7.11 Å². The summed E-state index contributed by atoms with van der Waals surface area (Å²) in [5, 5.41) is 2.44. The Balaban J connectivity index is 2.34. The number of amides is 1. The van der Waals surface area contributed by atoms with Crippen molar-refractivity contribution in [3.8, 4) is 5.75 Å². The number of halogens is 4. The molecule has 2 rings (SSSR count). The molecule has 142 valence electrons. The number of nitrogens with one attached hydrogen (secondary N) is 1. The van der Waals surface area contributed by atoms with Gasteiger partial charge in [-0.05, 0) is 54.1 Å². The van der Waals surface area contributed by atoms with Gasteiger partial charge in [0.1, 0.15) is 17.3 Å². The van der Waals surface area contributed by atoms with Crippen molar-refractivity contribution < 1.29 is 32.2 Å². The van der Waals surface area contributed by atoms with Gasteiger partial charge >= 0.3 is 12.6 Å². The molecule has 2 aromatic rings. The number of rotatable bonds is 6. The molecule has 0 unspecified atom stereocenters. The summed E-state index contributed by atoms with van der Waals surface area (Å²) in [6.07, 6.45) is 1.15. The van der Waals surface area contributed by atoms with Crippen LogP contribution in [-0.4, -0.2) is 25.6 Å². The van der Waals surface area contributed by atoms with Crippen molar-refractivity contribution >= 4 is 29.6 Å². The average molecular weight is 400 g/mol. The maximum absolute atomic E-state index is 13.0. The zero-order valence-corrected chi connectivity index (χ0v) is 14.6. The van der Waals surface area contributed by atoms with Gasteiger partial charge in [0.15, 0.2) is 0 Å². The summed E-state index contributed by atoms with van der Waals surface area (Å²) < 4.78 is 46.6. The van der Waals surface area contributed by atoms with E-state index < -0.39 is 24.3 Å². The summed E-state index contributed by atoms with van der Waals surface area (Å²) in [6.45, 7) is -3.04. The third kappa shape index (κ3) is 5.75. The van der Waals surface area contributed by atoms with Gasteiger partial charge in [0.2, 0.25) is 0 Å². The second-order valence-electron chi connectivity index (χ2n) is 5.07. The van der Waals surface area contributed by atoms with Crippen molar-refractivity contribution in [3.63, 3.8) is 0 Å². The lowest BCUT2D eigenvalue weighted by molar-refractivity contribution is -0.136. The SMILES string of the molecule is COC(=O)/C(=C/c1cc(OC(F)F)ccc1Cl)NC(=O)c1ccc(F)cc1. The molecule has 9 heteroatoms. The maximum atomic E-state index is 13.0. The van der Waals surface area contributed by atoms with Crippen LogP contribution in [0.4, 0.5) is 13.2 Å². The van der Waals surface area contributed by atoms with Crippen LogP contribution < -0.4 is 10.1 Å². The second kappa shape index (κ2) is 9.09. The number of hydrogen-bond acceptors (Lipinski definition) is 4. The van der Waals surface area contributed by atoms with E-state index in [9.17, 15) is 22.8 Å². The molecule has 27 heavy (non-hydrogen) atoms. The Bertz CT molecular complexity index is 869. The van der Waals surface area contributed by atoms with Crippen LogP contribution in [-0.2, 0) is 9.53 Å². The number of alkyl halides is 2. The first-order valence-electron chi connectivity index (χ1n) is 7.41. The molecule has 2 aromatic carbocycles. The van der Waals surface area contributed by atoms with Crippen LogP contribution in [0.1, 0.15) is 15.9 Å². The molecule has 0 spiro atoms. The van der Waals surface area contributed by atoms with Crippen LogP contribution in [0.25, 0.3) is 6.08 Å². The minimum atomic E-state index is -3.04. The van der Waals surface area contributed by atoms with Gasteiger partial charge in [0.25, 0.3) is 5.91 Å². The summed E-state index contributed by atoms with van der Waals surface area (Å²) in [7, 11) is 1.10. The molecule has 0 aliphatic heterocycles. The van der Waals surface area contributed by atoms with Crippen LogP contribution in [0.2, 0.25) is 5.02 Å². The Morgan fingerprint density at radius 3 is 2.41 bits per heavy atom. The van der Waals surface area contributed by atoms with Gasteiger partial charge in [-0.15, -0.1) is 0 Å². The van der Waals surface area contributed by atoms with E-state index in [2.05, 4.69) is 14.8 Å². The van der Waals surface area contributed by atoms with Gasteiger partial charge in [-0.2, -0.15) is 8.78 Å². The first kappa shape index (κ1) is 20.3. The highest BCUT2D eigenvalue weighted by Gasteiger charge is 2.16. The van der Waals surface area contributed by atoms with E-state index in [0.29, 0.717) is 0 Å². The fourth-order valence-corrected chi connectivity index (χ4v) is 2.19. The third-order valence-corrected chi connectivity index (χ3v) is 3.60. The normalized spacial score (nSPS) is 11.3. The minimum absolute atomic E-state index is 0.0899. The highest BCUT2D eigenvalue weighted by Crippen LogP contribution is 2.25. The van der Waals surface area contributed by atoms with E-state index in [0.717, 1.165) is 25.3 Å². The number of hydrogen-bond donors (Lipinski definition) is 1. The van der Waals surface area contributed by atoms with Gasteiger partial charge in [0.05, 0.1) is 7.11 Å². The lowest BCUT2D eigenvalue weighted by Crippen LogP contribution is -2.28. The number of carbonyl (C=O) groups is 2. The molecule has 0 aliphatic carbocycles. The number of carbonyl (C=O) groups excluding carboxylic acids is 2. The van der Waals surface area contributed by atoms with Gasteiger partial charge in [-0.1, -0.05) is 11.6 Å². The molecule has 0 fully saturated rings. The van der Waals surface area contributed by atoms with Crippen molar-refractivity contribution in [2.45, 2.75) is 6.61 Å². The van der Waals surface area contributed by atoms with Crippen LogP contribution in [0.5, 0.6) is 5.75 Å². The minimum Gasteiger partial charge on any atom is -0.464 e. The average Bonchev–Trinajstić information content (AvgIpc) is 2.63. The Morgan fingerprint density at radius 2 is 1.81 bits per heavy atom. The van der Waals surface area contributed by atoms with E-state index in [1.807, 2.05) is 0 Å². The van der Waals surface area contributed by atoms with Crippen LogP contribution in [0.15, 0.2) is 48.2 Å². The number of benzene rings is 2. The summed E-state index contributed by atoms with van der Waals surface area (Å²) >= 11 is 6.00. The lowest BCUT2D eigenvalue weighted by atomic mass is 10.1. The van der Waals surface area contributed by atoms with E-state index in [-0.39, 0.29) is 27.6 Å². The van der Waals surface area contributed by atoms with E-state index in [4.69, 9.17) is 11.6 Å². The highest BCUT2D eigenvalue weighted by atomic mass is 35.5. The fourth-order valence-electron chi connectivity index (χ4n) is 2.02.